The maximum atomic E-state index is 12.6. The lowest BCUT2D eigenvalue weighted by molar-refractivity contribution is -0.126. The molecule has 2 aromatic heterocycles. The van der Waals surface area contributed by atoms with Gasteiger partial charge in [0, 0.05) is 30.5 Å². The van der Waals surface area contributed by atoms with Gasteiger partial charge in [-0.15, -0.1) is 0 Å². The molecule has 0 saturated carbocycles. The molecule has 1 saturated heterocycles. The van der Waals surface area contributed by atoms with Crippen LogP contribution in [0.5, 0.6) is 0 Å². The number of carbonyl (C=O) groups is 2. The van der Waals surface area contributed by atoms with E-state index in [0.29, 0.717) is 19.5 Å². The van der Waals surface area contributed by atoms with E-state index in [1.54, 1.807) is 17.1 Å². The molecule has 1 fully saturated rings. The van der Waals surface area contributed by atoms with Crippen molar-refractivity contribution in [2.45, 2.75) is 58.4 Å². The van der Waals surface area contributed by atoms with E-state index in [0.717, 1.165) is 11.5 Å². The molecule has 8 heteroatoms. The lowest BCUT2D eigenvalue weighted by Crippen LogP contribution is -2.45. The summed E-state index contributed by atoms with van der Waals surface area (Å²) in [4.78, 5) is 27.1. The summed E-state index contributed by atoms with van der Waals surface area (Å²) in [6.45, 7) is 7.10. The van der Waals surface area contributed by atoms with Crippen LogP contribution in [0.25, 0.3) is 0 Å². The first-order chi connectivity index (χ1) is 12.9. The van der Waals surface area contributed by atoms with Gasteiger partial charge < -0.3 is 15.1 Å². The summed E-state index contributed by atoms with van der Waals surface area (Å²) in [5.74, 6) is 0.683. The Labute approximate surface area is 158 Å². The lowest BCUT2D eigenvalue weighted by atomic mass is 10.1. The van der Waals surface area contributed by atoms with Gasteiger partial charge in [0.25, 0.3) is 0 Å². The van der Waals surface area contributed by atoms with E-state index in [4.69, 9.17) is 4.42 Å². The highest BCUT2D eigenvalue weighted by atomic mass is 16.3. The highest BCUT2D eigenvalue weighted by Gasteiger charge is 2.37. The Hall–Kier alpha value is -2.61. The first kappa shape index (κ1) is 19.2. The van der Waals surface area contributed by atoms with E-state index in [-0.39, 0.29) is 36.5 Å². The Morgan fingerprint density at radius 1 is 1.37 bits per heavy atom. The normalized spacial score (nSPS) is 20.1. The van der Waals surface area contributed by atoms with Gasteiger partial charge in [0.05, 0.1) is 18.8 Å². The van der Waals surface area contributed by atoms with Crippen LogP contribution in [0, 0.1) is 6.92 Å². The summed E-state index contributed by atoms with van der Waals surface area (Å²) < 4.78 is 7.09. The van der Waals surface area contributed by atoms with E-state index < -0.39 is 0 Å². The van der Waals surface area contributed by atoms with Crippen LogP contribution < -0.4 is 10.6 Å². The largest absolute Gasteiger partial charge is 0.468 e. The van der Waals surface area contributed by atoms with Gasteiger partial charge >= 0.3 is 0 Å². The zero-order valence-electron chi connectivity index (χ0n) is 16.0. The summed E-state index contributed by atoms with van der Waals surface area (Å²) in [6, 6.07) is 5.27. The van der Waals surface area contributed by atoms with Crippen LogP contribution in [0.4, 0.5) is 0 Å². The average molecular weight is 373 g/mol. The number of rotatable bonds is 7. The lowest BCUT2D eigenvalue weighted by Gasteiger charge is -2.23. The van der Waals surface area contributed by atoms with Gasteiger partial charge in [-0.1, -0.05) is 0 Å². The highest BCUT2D eigenvalue weighted by Crippen LogP contribution is 2.21. The average Bonchev–Trinajstić information content (AvgIpc) is 3.31. The molecular formula is C19H27N5O3. The van der Waals surface area contributed by atoms with Gasteiger partial charge in [0.2, 0.25) is 11.8 Å². The van der Waals surface area contributed by atoms with Crippen molar-refractivity contribution >= 4 is 11.8 Å². The molecule has 0 aliphatic carbocycles. The smallest absolute Gasteiger partial charge is 0.242 e. The first-order valence-electron chi connectivity index (χ1n) is 9.27. The Morgan fingerprint density at radius 2 is 2.19 bits per heavy atom. The quantitative estimate of drug-likeness (QED) is 0.757. The molecule has 2 N–H and O–H groups in total. The molecule has 3 rings (SSSR count). The summed E-state index contributed by atoms with van der Waals surface area (Å²) in [7, 11) is 0. The predicted octanol–water partition coefficient (Wildman–Crippen LogP) is 1.07. The third-order valence-corrected chi connectivity index (χ3v) is 4.66. The van der Waals surface area contributed by atoms with Gasteiger partial charge in [-0.2, -0.15) is 5.10 Å². The van der Waals surface area contributed by atoms with Crippen molar-refractivity contribution in [3.05, 3.63) is 42.1 Å². The monoisotopic (exact) mass is 373 g/mol. The summed E-state index contributed by atoms with van der Waals surface area (Å²) >= 11 is 0. The molecule has 2 aromatic rings. The third kappa shape index (κ3) is 4.97. The number of hydrogen-bond donors (Lipinski definition) is 2. The molecule has 8 nitrogen and oxygen atoms in total. The van der Waals surface area contributed by atoms with Crippen molar-refractivity contribution in [1.29, 1.82) is 0 Å². The maximum absolute atomic E-state index is 12.6. The minimum absolute atomic E-state index is 0.0174. The molecule has 27 heavy (non-hydrogen) atoms. The third-order valence-electron chi connectivity index (χ3n) is 4.66. The summed E-state index contributed by atoms with van der Waals surface area (Å²) in [5.41, 5.74) is 0.935. The van der Waals surface area contributed by atoms with Crippen LogP contribution in [0.1, 0.15) is 31.7 Å². The fourth-order valence-electron chi connectivity index (χ4n) is 3.41. The van der Waals surface area contributed by atoms with Gasteiger partial charge in [-0.05, 0) is 45.4 Å². The SMILES string of the molecule is Cc1ccnn1CC(=O)N[C@@H]1C[C@@H](C(=O)NC(C)C)N(Cc2ccco2)C1. The molecule has 0 aromatic carbocycles. The molecule has 0 unspecified atom stereocenters. The maximum Gasteiger partial charge on any atom is 0.242 e. The number of hydrogen-bond acceptors (Lipinski definition) is 5. The van der Waals surface area contributed by atoms with Crippen LogP contribution >= 0.6 is 0 Å². The molecule has 0 radical (unpaired) electrons. The molecule has 0 bridgehead atoms. The minimum atomic E-state index is -0.297. The summed E-state index contributed by atoms with van der Waals surface area (Å²) in [6.07, 6.45) is 3.87. The van der Waals surface area contributed by atoms with Crippen LogP contribution in [0.15, 0.2) is 35.1 Å². The number of amides is 2. The van der Waals surface area contributed by atoms with Gasteiger partial charge in [-0.25, -0.2) is 0 Å². The van der Waals surface area contributed by atoms with Crippen molar-refractivity contribution in [2.24, 2.45) is 0 Å². The second-order valence-corrected chi connectivity index (χ2v) is 7.32. The Balaban J connectivity index is 1.63. The predicted molar refractivity (Wildman–Crippen MR) is 99.7 cm³/mol. The number of nitrogens with zero attached hydrogens (tertiary/aromatic N) is 3. The number of likely N-dealkylation sites (tertiary alicyclic amines) is 1. The number of furan rings is 1. The van der Waals surface area contributed by atoms with Crippen LogP contribution in [0.2, 0.25) is 0 Å². The highest BCUT2D eigenvalue weighted by molar-refractivity contribution is 5.83. The molecular weight excluding hydrogens is 346 g/mol. The van der Waals surface area contributed by atoms with Crippen molar-refractivity contribution in [1.82, 2.24) is 25.3 Å². The molecule has 1 aliphatic rings. The van der Waals surface area contributed by atoms with Gasteiger partial charge in [0.15, 0.2) is 0 Å². The topological polar surface area (TPSA) is 92.4 Å². The van der Waals surface area contributed by atoms with E-state index in [1.165, 1.54) is 0 Å². The van der Waals surface area contributed by atoms with E-state index in [9.17, 15) is 9.59 Å². The zero-order chi connectivity index (χ0) is 19.4. The van der Waals surface area contributed by atoms with Gasteiger partial charge in [-0.3, -0.25) is 19.2 Å². The first-order valence-corrected chi connectivity index (χ1v) is 9.27. The molecule has 3 heterocycles. The van der Waals surface area contributed by atoms with Crippen molar-refractivity contribution in [3.63, 3.8) is 0 Å². The zero-order valence-corrected chi connectivity index (χ0v) is 16.0. The van der Waals surface area contributed by atoms with Crippen LogP contribution in [-0.2, 0) is 22.7 Å². The van der Waals surface area contributed by atoms with Crippen molar-refractivity contribution in [2.75, 3.05) is 6.54 Å². The standard InChI is InChI=1S/C19H27N5O3/c1-13(2)21-19(26)17-9-15(10-23(17)11-16-5-4-8-27-16)22-18(25)12-24-14(3)6-7-20-24/h4-8,13,15,17H,9-12H2,1-3H3,(H,21,26)(H,22,25)/t15-,17+/m1/s1. The molecule has 0 spiro atoms. The fraction of sp³-hybridized carbons (Fsp3) is 0.526. The minimum Gasteiger partial charge on any atom is -0.468 e. The van der Waals surface area contributed by atoms with Crippen LogP contribution in [0.3, 0.4) is 0 Å². The second-order valence-electron chi connectivity index (χ2n) is 7.32. The number of carbonyl (C=O) groups excluding carboxylic acids is 2. The van der Waals surface area contributed by atoms with E-state index in [1.807, 2.05) is 39.0 Å². The number of aryl methyl sites for hydroxylation is 1. The fourth-order valence-corrected chi connectivity index (χ4v) is 3.41. The molecule has 2 atom stereocenters. The Kier molecular flexibility index (Phi) is 5.95. The molecule has 1 aliphatic heterocycles. The van der Waals surface area contributed by atoms with Crippen molar-refractivity contribution < 1.29 is 14.0 Å². The van der Waals surface area contributed by atoms with Gasteiger partial charge in [0.1, 0.15) is 12.3 Å². The van der Waals surface area contributed by atoms with Crippen LogP contribution in [-0.4, -0.2) is 51.2 Å². The Morgan fingerprint density at radius 3 is 2.81 bits per heavy atom. The second kappa shape index (κ2) is 8.39. The van der Waals surface area contributed by atoms with E-state index >= 15 is 0 Å². The molecule has 146 valence electrons. The summed E-state index contributed by atoms with van der Waals surface area (Å²) in [5, 5.41) is 10.2. The molecule has 2 amide bonds. The van der Waals surface area contributed by atoms with E-state index in [2.05, 4.69) is 20.6 Å². The Bertz CT molecular complexity index is 768. The number of nitrogens with one attached hydrogen (secondary N) is 2. The van der Waals surface area contributed by atoms with Crippen molar-refractivity contribution in [3.8, 4) is 0 Å². The number of aromatic nitrogens is 2.